The van der Waals surface area contributed by atoms with Crippen molar-refractivity contribution in [2.45, 2.75) is 6.04 Å². The van der Waals surface area contributed by atoms with Crippen LogP contribution in [0.25, 0.3) is 0 Å². The molecule has 0 aliphatic carbocycles. The first-order chi connectivity index (χ1) is 14.0. The van der Waals surface area contributed by atoms with E-state index in [2.05, 4.69) is 15.3 Å². The minimum atomic E-state index is -0.481. The minimum absolute atomic E-state index is 0.313. The molecule has 0 radical (unpaired) electrons. The lowest BCUT2D eigenvalue weighted by atomic mass is 10.0. The molecule has 0 bridgehead atoms. The summed E-state index contributed by atoms with van der Waals surface area (Å²) in [7, 11) is 0. The van der Waals surface area contributed by atoms with Gasteiger partial charge in [-0.2, -0.15) is 0 Å². The number of nitrogens with one attached hydrogen (secondary N) is 2. The third-order valence-corrected chi connectivity index (χ3v) is 5.09. The SMILES string of the molecule is O=C(NC(C1=[N+]=C(c2ccccc2)N1)c1ccc(Cl)cc1)c1cc(Cl)cc(Cl)c1. The van der Waals surface area contributed by atoms with Gasteiger partial charge in [-0.3, -0.25) is 4.79 Å². The van der Waals surface area contributed by atoms with Crippen molar-refractivity contribution in [1.82, 2.24) is 15.3 Å². The Morgan fingerprint density at radius 3 is 2.10 bits per heavy atom. The molecule has 3 aromatic rings. The van der Waals surface area contributed by atoms with Crippen LogP contribution in [0.3, 0.4) is 0 Å². The Labute approximate surface area is 182 Å². The van der Waals surface area contributed by atoms with Gasteiger partial charge in [-0.05, 0) is 48.0 Å². The molecule has 1 unspecified atom stereocenters. The van der Waals surface area contributed by atoms with E-state index in [9.17, 15) is 4.79 Å². The molecule has 1 aliphatic rings. The predicted octanol–water partition coefficient (Wildman–Crippen LogP) is 4.63. The number of benzene rings is 3. The number of carbonyl (C=O) groups excluding carboxylic acids is 1. The number of halogens is 3. The van der Waals surface area contributed by atoms with Crippen LogP contribution in [-0.4, -0.2) is 17.6 Å². The molecule has 1 heterocycles. The van der Waals surface area contributed by atoms with Gasteiger partial charge in [0.05, 0.1) is 5.56 Å². The Morgan fingerprint density at radius 1 is 0.862 bits per heavy atom. The lowest BCUT2D eigenvalue weighted by Crippen LogP contribution is -2.51. The van der Waals surface area contributed by atoms with Crippen molar-refractivity contribution in [2.24, 2.45) is 0 Å². The summed E-state index contributed by atoms with van der Waals surface area (Å²) in [6, 6.07) is 21.2. The standard InChI is InChI=1S/C22H14Cl3N3O/c23-16-8-6-13(7-9-16)19(21-27-20(28-21)14-4-2-1-3-5-14)26-22(29)15-10-17(24)12-18(25)11-15/h1-12,19H,(H,26,29)/p+1. The van der Waals surface area contributed by atoms with E-state index in [1.54, 1.807) is 30.3 Å². The Kier molecular flexibility index (Phi) is 5.61. The molecule has 0 aromatic heterocycles. The number of amides is 1. The summed E-state index contributed by atoms with van der Waals surface area (Å²) < 4.78 is 4.59. The second-order valence-corrected chi connectivity index (χ2v) is 7.76. The summed E-state index contributed by atoms with van der Waals surface area (Å²) in [5, 5.41) is 7.64. The van der Waals surface area contributed by atoms with Gasteiger partial charge >= 0.3 is 11.7 Å². The highest BCUT2D eigenvalue weighted by Crippen LogP contribution is 2.22. The molecule has 1 amide bonds. The normalized spacial score (nSPS) is 13.5. The van der Waals surface area contributed by atoms with Crippen LogP contribution in [0, 0.1) is 0 Å². The van der Waals surface area contributed by atoms with E-state index >= 15 is 0 Å². The zero-order valence-corrected chi connectivity index (χ0v) is 17.3. The van der Waals surface area contributed by atoms with E-state index in [0.29, 0.717) is 26.5 Å². The first-order valence-electron chi connectivity index (χ1n) is 8.80. The van der Waals surface area contributed by atoms with Gasteiger partial charge in [0.2, 0.25) is 0 Å². The van der Waals surface area contributed by atoms with Crippen LogP contribution in [0.4, 0.5) is 0 Å². The lowest BCUT2D eigenvalue weighted by Gasteiger charge is -2.20. The molecule has 0 fully saturated rings. The molecular formula is C22H15Cl3N3O+. The number of hydrogen-bond donors (Lipinski definition) is 2. The molecular weight excluding hydrogens is 429 g/mol. The van der Waals surface area contributed by atoms with Crippen molar-refractivity contribution >= 4 is 52.4 Å². The average molecular weight is 444 g/mol. The molecule has 0 saturated carbocycles. The number of rotatable bonds is 5. The Morgan fingerprint density at radius 2 is 1.48 bits per heavy atom. The first-order valence-corrected chi connectivity index (χ1v) is 9.93. The number of amidine groups is 2. The Bertz CT molecular complexity index is 1120. The topological polar surface area (TPSA) is 55.2 Å². The van der Waals surface area contributed by atoms with E-state index in [4.69, 9.17) is 34.8 Å². The maximum atomic E-state index is 12.9. The van der Waals surface area contributed by atoms with Crippen molar-refractivity contribution in [3.05, 3.63) is 105 Å². The van der Waals surface area contributed by atoms with Gasteiger partial charge in [0.15, 0.2) is 6.04 Å². The molecule has 29 heavy (non-hydrogen) atoms. The lowest BCUT2D eigenvalue weighted by molar-refractivity contribution is 0.0946. The van der Waals surface area contributed by atoms with E-state index in [1.165, 1.54) is 0 Å². The van der Waals surface area contributed by atoms with Crippen molar-refractivity contribution < 1.29 is 4.79 Å². The maximum Gasteiger partial charge on any atom is 0.324 e. The summed E-state index contributed by atoms with van der Waals surface area (Å²) >= 11 is 18.1. The third kappa shape index (κ3) is 4.47. The smallest absolute Gasteiger partial charge is 0.324 e. The van der Waals surface area contributed by atoms with Gasteiger partial charge in [0, 0.05) is 20.6 Å². The molecule has 144 valence electrons. The summed E-state index contributed by atoms with van der Waals surface area (Å²) in [6.45, 7) is 0. The summed E-state index contributed by atoms with van der Waals surface area (Å²) in [6.07, 6.45) is 0. The first kappa shape index (κ1) is 19.6. The van der Waals surface area contributed by atoms with Crippen LogP contribution in [0.2, 0.25) is 15.1 Å². The second-order valence-electron chi connectivity index (χ2n) is 6.45. The third-order valence-electron chi connectivity index (χ3n) is 4.40. The fourth-order valence-corrected chi connectivity index (χ4v) is 3.63. The highest BCUT2D eigenvalue weighted by Gasteiger charge is 2.34. The second kappa shape index (κ2) is 8.32. The zero-order chi connectivity index (χ0) is 20.4. The van der Waals surface area contributed by atoms with Crippen molar-refractivity contribution in [3.8, 4) is 0 Å². The van der Waals surface area contributed by atoms with Crippen LogP contribution in [0.5, 0.6) is 0 Å². The summed E-state index contributed by atoms with van der Waals surface area (Å²) in [5.41, 5.74) is 2.18. The van der Waals surface area contributed by atoms with E-state index in [-0.39, 0.29) is 5.91 Å². The van der Waals surface area contributed by atoms with Crippen LogP contribution >= 0.6 is 34.8 Å². The maximum absolute atomic E-state index is 12.9. The van der Waals surface area contributed by atoms with Gasteiger partial charge in [-0.25, -0.2) is 9.98 Å². The van der Waals surface area contributed by atoms with Crippen molar-refractivity contribution in [2.75, 3.05) is 0 Å². The van der Waals surface area contributed by atoms with Gasteiger partial charge in [-0.15, -0.1) is 0 Å². The van der Waals surface area contributed by atoms with Crippen molar-refractivity contribution in [1.29, 1.82) is 0 Å². The largest absolute Gasteiger partial charge is 0.334 e. The Balaban J connectivity index is 1.67. The fraction of sp³-hybridized carbons (Fsp3) is 0.0455. The van der Waals surface area contributed by atoms with Crippen LogP contribution in [-0.2, 0) is 0 Å². The quantitative estimate of drug-likeness (QED) is 0.565. The van der Waals surface area contributed by atoms with Gasteiger partial charge in [0.25, 0.3) is 5.91 Å². The number of hydrogen-bond acceptors (Lipinski definition) is 2. The highest BCUT2D eigenvalue weighted by molar-refractivity contribution is 6.35. The van der Waals surface area contributed by atoms with Gasteiger partial charge in [-0.1, -0.05) is 65.1 Å². The predicted molar refractivity (Wildman–Crippen MR) is 119 cm³/mol. The molecule has 1 aliphatic heterocycles. The molecule has 1 atom stereocenters. The van der Waals surface area contributed by atoms with Crippen molar-refractivity contribution in [3.63, 3.8) is 0 Å². The fourth-order valence-electron chi connectivity index (χ4n) is 2.98. The minimum Gasteiger partial charge on any atom is -0.334 e. The summed E-state index contributed by atoms with van der Waals surface area (Å²) in [5.74, 6) is 1.07. The molecule has 4 nitrogen and oxygen atoms in total. The zero-order valence-electron chi connectivity index (χ0n) is 15.0. The molecule has 7 heteroatoms. The van der Waals surface area contributed by atoms with Crippen LogP contribution in [0.15, 0.2) is 72.8 Å². The number of carbonyl (C=O) groups is 1. The van der Waals surface area contributed by atoms with E-state index < -0.39 is 6.04 Å². The van der Waals surface area contributed by atoms with Crippen LogP contribution < -0.4 is 15.3 Å². The molecule has 4 rings (SSSR count). The molecule has 3 aromatic carbocycles. The molecule has 0 saturated heterocycles. The van der Waals surface area contributed by atoms with Crippen LogP contribution in [0.1, 0.15) is 27.5 Å². The molecule has 0 spiro atoms. The number of nitrogens with zero attached hydrogens (tertiary/aromatic N) is 1. The van der Waals surface area contributed by atoms with Gasteiger partial charge in [0.1, 0.15) is 0 Å². The monoisotopic (exact) mass is 442 g/mol. The molecule has 2 N–H and O–H groups in total. The Hall–Kier alpha value is -2.75. The highest BCUT2D eigenvalue weighted by atomic mass is 35.5. The van der Waals surface area contributed by atoms with E-state index in [1.807, 2.05) is 42.5 Å². The van der Waals surface area contributed by atoms with E-state index in [0.717, 1.165) is 17.0 Å². The van der Waals surface area contributed by atoms with Gasteiger partial charge < -0.3 is 5.32 Å². The summed E-state index contributed by atoms with van der Waals surface area (Å²) in [4.78, 5) is 12.9. The average Bonchev–Trinajstić information content (AvgIpc) is 2.67.